The molecule has 2 aliphatic carbocycles. The number of fused-ring (bicyclic) bond motifs is 2. The smallest absolute Gasteiger partial charge is 0.342 e. The van der Waals surface area contributed by atoms with Crippen LogP contribution in [0.4, 0.5) is 5.82 Å². The summed E-state index contributed by atoms with van der Waals surface area (Å²) in [5, 5.41) is 3.01. The average Bonchev–Trinajstić information content (AvgIpc) is 3.23. The minimum Gasteiger partial charge on any atom is -0.452 e. The third kappa shape index (κ3) is 3.94. The topological polar surface area (TPSA) is 71.5 Å². The fraction of sp³-hybridized carbons (Fsp3) is 0.632. The lowest BCUT2D eigenvalue weighted by Crippen LogP contribution is -2.42. The fourth-order valence-electron chi connectivity index (χ4n) is 4.43. The Bertz CT molecular complexity index is 647. The lowest BCUT2D eigenvalue weighted by molar-refractivity contribution is -0.125. The Morgan fingerprint density at radius 1 is 1.36 bits per heavy atom. The normalized spacial score (nSPS) is 25.5. The van der Waals surface area contributed by atoms with Crippen LogP contribution < -0.4 is 10.2 Å². The van der Waals surface area contributed by atoms with Crippen molar-refractivity contribution in [1.82, 2.24) is 10.3 Å². The molecule has 2 aliphatic rings. The molecule has 0 saturated heterocycles. The number of amides is 1. The van der Waals surface area contributed by atoms with Crippen molar-refractivity contribution in [2.24, 2.45) is 17.8 Å². The van der Waals surface area contributed by atoms with E-state index in [1.165, 1.54) is 25.7 Å². The Morgan fingerprint density at radius 3 is 2.80 bits per heavy atom. The lowest BCUT2D eigenvalue weighted by Gasteiger charge is -2.28. The monoisotopic (exact) mass is 345 g/mol. The number of ether oxygens (including phenoxy) is 1. The number of anilines is 1. The molecule has 6 heteroatoms. The standard InChI is InChI=1S/C19H27N3O3/c1-12(16-10-13-6-7-14(16)9-13)21-17(23)11-25-19(24)15-5-4-8-20-18(15)22(2)3/h4-5,8,12-14,16H,6-7,9-11H2,1-3H3,(H,21,23)/t12-,13+,14+,16-/m1/s1. The summed E-state index contributed by atoms with van der Waals surface area (Å²) in [5.74, 6) is 1.93. The molecular formula is C19H27N3O3. The van der Waals surface area contributed by atoms with Crippen LogP contribution in [0.15, 0.2) is 18.3 Å². The van der Waals surface area contributed by atoms with Crippen LogP contribution >= 0.6 is 0 Å². The zero-order valence-corrected chi connectivity index (χ0v) is 15.2. The van der Waals surface area contributed by atoms with Gasteiger partial charge in [0.2, 0.25) is 0 Å². The van der Waals surface area contributed by atoms with Gasteiger partial charge in [0.25, 0.3) is 5.91 Å². The second kappa shape index (κ2) is 7.42. The molecule has 0 radical (unpaired) electrons. The number of rotatable bonds is 6. The van der Waals surface area contributed by atoms with Crippen molar-refractivity contribution in [3.05, 3.63) is 23.9 Å². The zero-order valence-electron chi connectivity index (χ0n) is 15.2. The van der Waals surface area contributed by atoms with Crippen LogP contribution in [-0.2, 0) is 9.53 Å². The molecule has 4 atom stereocenters. The van der Waals surface area contributed by atoms with Gasteiger partial charge in [0.15, 0.2) is 6.61 Å². The first-order chi connectivity index (χ1) is 12.0. The maximum absolute atomic E-state index is 12.3. The van der Waals surface area contributed by atoms with Gasteiger partial charge < -0.3 is 15.0 Å². The largest absolute Gasteiger partial charge is 0.452 e. The molecule has 1 N–H and O–H groups in total. The predicted octanol–water partition coefficient (Wildman–Crippen LogP) is 2.25. The molecule has 2 fully saturated rings. The van der Waals surface area contributed by atoms with Crippen LogP contribution in [0, 0.1) is 17.8 Å². The first-order valence-electron chi connectivity index (χ1n) is 9.04. The third-order valence-electron chi connectivity index (χ3n) is 5.59. The average molecular weight is 345 g/mol. The van der Waals surface area contributed by atoms with Gasteiger partial charge in [-0.25, -0.2) is 9.78 Å². The van der Waals surface area contributed by atoms with Crippen molar-refractivity contribution in [3.63, 3.8) is 0 Å². The summed E-state index contributed by atoms with van der Waals surface area (Å²) in [6, 6.07) is 3.47. The molecule has 2 bridgehead atoms. The Labute approximate surface area is 148 Å². The lowest BCUT2D eigenvalue weighted by atomic mass is 9.84. The van der Waals surface area contributed by atoms with E-state index in [0.717, 1.165) is 11.8 Å². The predicted molar refractivity (Wildman–Crippen MR) is 95.4 cm³/mol. The summed E-state index contributed by atoms with van der Waals surface area (Å²) in [4.78, 5) is 30.3. The number of esters is 1. The van der Waals surface area contributed by atoms with E-state index in [-0.39, 0.29) is 18.6 Å². The summed E-state index contributed by atoms with van der Waals surface area (Å²) in [6.07, 6.45) is 6.79. The molecule has 6 nitrogen and oxygen atoms in total. The van der Waals surface area contributed by atoms with E-state index in [4.69, 9.17) is 4.74 Å². The molecule has 136 valence electrons. The molecular weight excluding hydrogens is 318 g/mol. The molecule has 0 spiro atoms. The molecule has 25 heavy (non-hydrogen) atoms. The zero-order chi connectivity index (χ0) is 18.0. The number of aromatic nitrogens is 1. The van der Waals surface area contributed by atoms with E-state index < -0.39 is 5.97 Å². The molecule has 0 aliphatic heterocycles. The first kappa shape index (κ1) is 17.7. The van der Waals surface area contributed by atoms with Crippen molar-refractivity contribution in [2.45, 2.75) is 38.6 Å². The van der Waals surface area contributed by atoms with Gasteiger partial charge in [-0.3, -0.25) is 4.79 Å². The van der Waals surface area contributed by atoms with Crippen molar-refractivity contribution < 1.29 is 14.3 Å². The van der Waals surface area contributed by atoms with Crippen LogP contribution in [-0.4, -0.2) is 43.6 Å². The molecule has 1 amide bonds. The second-order valence-corrected chi connectivity index (χ2v) is 7.54. The van der Waals surface area contributed by atoms with E-state index in [2.05, 4.69) is 17.2 Å². The first-order valence-corrected chi connectivity index (χ1v) is 9.04. The van der Waals surface area contributed by atoms with Crippen molar-refractivity contribution in [2.75, 3.05) is 25.6 Å². The van der Waals surface area contributed by atoms with Gasteiger partial charge in [-0.15, -0.1) is 0 Å². The summed E-state index contributed by atoms with van der Waals surface area (Å²) in [7, 11) is 3.62. The van der Waals surface area contributed by atoms with E-state index in [9.17, 15) is 9.59 Å². The Morgan fingerprint density at radius 2 is 2.16 bits per heavy atom. The van der Waals surface area contributed by atoms with Gasteiger partial charge in [-0.2, -0.15) is 0 Å². The highest BCUT2D eigenvalue weighted by molar-refractivity contribution is 5.95. The number of pyridine rings is 1. The van der Waals surface area contributed by atoms with Gasteiger partial charge in [0.05, 0.1) is 0 Å². The van der Waals surface area contributed by atoms with Crippen molar-refractivity contribution in [1.29, 1.82) is 0 Å². The van der Waals surface area contributed by atoms with Crippen LogP contribution in [0.25, 0.3) is 0 Å². The number of nitrogens with one attached hydrogen (secondary N) is 1. The highest BCUT2D eigenvalue weighted by atomic mass is 16.5. The summed E-state index contributed by atoms with van der Waals surface area (Å²) in [6.45, 7) is 1.81. The van der Waals surface area contributed by atoms with E-state index in [1.807, 2.05) is 14.1 Å². The Kier molecular flexibility index (Phi) is 5.25. The summed E-state index contributed by atoms with van der Waals surface area (Å²) in [5.41, 5.74) is 0.362. The molecule has 0 aromatic carbocycles. The quantitative estimate of drug-likeness (QED) is 0.801. The number of nitrogens with zero attached hydrogens (tertiary/aromatic N) is 2. The molecule has 1 aromatic heterocycles. The third-order valence-corrected chi connectivity index (χ3v) is 5.59. The molecule has 1 aromatic rings. The van der Waals surface area contributed by atoms with Crippen LogP contribution in [0.5, 0.6) is 0 Å². The van der Waals surface area contributed by atoms with Gasteiger partial charge in [-0.1, -0.05) is 6.42 Å². The number of carbonyl (C=O) groups excluding carboxylic acids is 2. The van der Waals surface area contributed by atoms with E-state index in [1.54, 1.807) is 23.2 Å². The van der Waals surface area contributed by atoms with Crippen LogP contribution in [0.3, 0.4) is 0 Å². The van der Waals surface area contributed by atoms with Gasteiger partial charge in [0.1, 0.15) is 11.4 Å². The Balaban J connectivity index is 1.50. The number of hydrogen-bond donors (Lipinski definition) is 1. The maximum atomic E-state index is 12.3. The van der Waals surface area contributed by atoms with Crippen LogP contribution in [0.2, 0.25) is 0 Å². The Hall–Kier alpha value is -2.11. The molecule has 0 unspecified atom stereocenters. The minimum absolute atomic E-state index is 0.136. The number of carbonyl (C=O) groups is 2. The summed E-state index contributed by atoms with van der Waals surface area (Å²) >= 11 is 0. The van der Waals surface area contributed by atoms with Crippen LogP contribution in [0.1, 0.15) is 43.0 Å². The molecule has 3 rings (SSSR count). The molecule has 2 saturated carbocycles. The summed E-state index contributed by atoms with van der Waals surface area (Å²) < 4.78 is 5.19. The minimum atomic E-state index is -0.528. The van der Waals surface area contributed by atoms with Gasteiger partial charge in [0, 0.05) is 26.3 Å². The second-order valence-electron chi connectivity index (χ2n) is 7.54. The maximum Gasteiger partial charge on any atom is 0.342 e. The fourth-order valence-corrected chi connectivity index (χ4v) is 4.43. The highest BCUT2D eigenvalue weighted by Gasteiger charge is 2.42. The number of hydrogen-bond acceptors (Lipinski definition) is 5. The van der Waals surface area contributed by atoms with Gasteiger partial charge >= 0.3 is 5.97 Å². The van der Waals surface area contributed by atoms with Crippen molar-refractivity contribution >= 4 is 17.7 Å². The van der Waals surface area contributed by atoms with E-state index in [0.29, 0.717) is 17.3 Å². The SMILES string of the molecule is C[C@@H](NC(=O)COC(=O)c1cccnc1N(C)C)[C@H]1C[C@H]2CC[C@H]1C2. The highest BCUT2D eigenvalue weighted by Crippen LogP contribution is 2.49. The molecule has 1 heterocycles. The van der Waals surface area contributed by atoms with Gasteiger partial charge in [-0.05, 0) is 56.1 Å². The van der Waals surface area contributed by atoms with E-state index >= 15 is 0 Å². The van der Waals surface area contributed by atoms with Crippen molar-refractivity contribution in [3.8, 4) is 0 Å².